The minimum absolute atomic E-state index is 0. The van der Waals surface area contributed by atoms with E-state index < -0.39 is 0 Å². The fourth-order valence-electron chi connectivity index (χ4n) is 3.78. The number of carbonyl (C=O) groups is 1. The van der Waals surface area contributed by atoms with Crippen LogP contribution in [0.4, 0.5) is 5.69 Å². The number of fused-ring (bicyclic) bond motifs is 1. The number of aromatic nitrogens is 2. The van der Waals surface area contributed by atoms with Crippen LogP contribution in [0, 0.1) is 4.77 Å². The topological polar surface area (TPSA) is 59.7 Å². The molecule has 9 heteroatoms. The van der Waals surface area contributed by atoms with Crippen molar-refractivity contribution in [2.45, 2.75) is 19.4 Å². The third-order valence-electron chi connectivity index (χ3n) is 5.40. The van der Waals surface area contributed by atoms with Crippen LogP contribution in [-0.4, -0.2) is 41.6 Å². The second-order valence-electron chi connectivity index (χ2n) is 7.32. The van der Waals surface area contributed by atoms with E-state index in [4.69, 9.17) is 23.8 Å². The molecule has 0 bridgehead atoms. The molecule has 1 fully saturated rings. The number of halogens is 1. The van der Waals surface area contributed by atoms with E-state index in [1.807, 2.05) is 41.3 Å². The van der Waals surface area contributed by atoms with Gasteiger partial charge in [-0.2, -0.15) is 0 Å². The Morgan fingerprint density at radius 1 is 1.06 bits per heavy atom. The summed E-state index contributed by atoms with van der Waals surface area (Å²) in [6.45, 7) is 3.29. The molecule has 1 amide bonds. The Hall–Kier alpha value is -1.00. The summed E-state index contributed by atoms with van der Waals surface area (Å²) in [6, 6.07) is 14.9. The zero-order valence-electron chi connectivity index (χ0n) is 17.5. The van der Waals surface area contributed by atoms with Gasteiger partial charge in [0.25, 0.3) is 0 Å². The number of carbonyl (C=O) groups excluding carboxylic acids is 1. The predicted molar refractivity (Wildman–Crippen MR) is 122 cm³/mol. The molecule has 0 N–H and O–H groups in total. The number of benzene rings is 2. The first kappa shape index (κ1) is 24.6. The number of rotatable bonds is 5. The largest absolute Gasteiger partial charge is 1.00 e. The van der Waals surface area contributed by atoms with Gasteiger partial charge in [0.05, 0.1) is 0 Å². The molecule has 156 valence electrons. The maximum Gasteiger partial charge on any atom is 1.00 e. The van der Waals surface area contributed by atoms with Gasteiger partial charge in [0.1, 0.15) is 0 Å². The summed E-state index contributed by atoms with van der Waals surface area (Å²) in [5.74, 6) is 0.105. The van der Waals surface area contributed by atoms with E-state index in [9.17, 15) is 9.59 Å². The molecule has 4 rings (SSSR count). The van der Waals surface area contributed by atoms with Crippen molar-refractivity contribution in [3.63, 3.8) is 0 Å². The molecule has 0 atom stereocenters. The first-order valence-corrected chi connectivity index (χ1v) is 10.8. The summed E-state index contributed by atoms with van der Waals surface area (Å²) in [4.78, 5) is 33.7. The molecule has 6 nitrogen and oxygen atoms in total. The van der Waals surface area contributed by atoms with Gasteiger partial charge in [-0.15, -0.1) is 0 Å². The predicted octanol–water partition coefficient (Wildman–Crippen LogP) is 0.475. The minimum atomic E-state index is -0.145. The number of amides is 1. The Labute approximate surface area is 233 Å². The van der Waals surface area contributed by atoms with Gasteiger partial charge in [-0.3, -0.25) is 9.59 Å². The summed E-state index contributed by atoms with van der Waals surface area (Å²) in [5, 5.41) is 1.26. The van der Waals surface area contributed by atoms with E-state index in [0.717, 1.165) is 18.8 Å². The SMILES string of the molecule is O=C(CCCn1c(=S)[n-]c2ccccc2c1=O)N1CCN(c2cccc(Cl)c2)CC1.[K+]. The number of piperazine rings is 1. The van der Waals surface area contributed by atoms with Gasteiger partial charge in [0.2, 0.25) is 5.91 Å². The minimum Gasteiger partial charge on any atom is -0.426 e. The Morgan fingerprint density at radius 2 is 1.81 bits per heavy atom. The van der Waals surface area contributed by atoms with Crippen molar-refractivity contribution < 1.29 is 56.2 Å². The molecule has 0 unspecified atom stereocenters. The second kappa shape index (κ2) is 11.2. The van der Waals surface area contributed by atoms with E-state index in [1.165, 1.54) is 4.57 Å². The van der Waals surface area contributed by atoms with E-state index >= 15 is 0 Å². The molecular weight excluding hydrogens is 459 g/mol. The first-order valence-electron chi connectivity index (χ1n) is 9.98. The fraction of sp³-hybridized carbons (Fsp3) is 0.318. The number of hydrogen-bond donors (Lipinski definition) is 0. The molecule has 1 aliphatic rings. The molecule has 2 heterocycles. The Kier molecular flexibility index (Phi) is 8.92. The van der Waals surface area contributed by atoms with Gasteiger partial charge in [0.15, 0.2) is 5.56 Å². The normalized spacial score (nSPS) is 13.8. The van der Waals surface area contributed by atoms with Crippen LogP contribution in [0.3, 0.4) is 0 Å². The number of para-hydroxylation sites is 1. The van der Waals surface area contributed by atoms with Crippen molar-refractivity contribution in [2.24, 2.45) is 0 Å². The van der Waals surface area contributed by atoms with Gasteiger partial charge in [0, 0.05) is 53.5 Å². The maximum atomic E-state index is 12.7. The summed E-state index contributed by atoms with van der Waals surface area (Å²) >= 11 is 11.4. The van der Waals surface area contributed by atoms with Gasteiger partial charge in [-0.05, 0) is 36.7 Å². The third kappa shape index (κ3) is 5.87. The molecule has 3 aromatic rings. The number of hydrogen-bond acceptors (Lipinski definition) is 4. The van der Waals surface area contributed by atoms with E-state index in [-0.39, 0.29) is 67.6 Å². The van der Waals surface area contributed by atoms with E-state index in [0.29, 0.717) is 48.4 Å². The van der Waals surface area contributed by atoms with Crippen molar-refractivity contribution in [3.8, 4) is 0 Å². The summed E-state index contributed by atoms with van der Waals surface area (Å²) < 4.78 is 1.75. The van der Waals surface area contributed by atoms with Gasteiger partial charge in [-0.25, -0.2) is 0 Å². The third-order valence-corrected chi connectivity index (χ3v) is 5.95. The molecular formula is C22H22ClKN4O2S. The van der Waals surface area contributed by atoms with Gasteiger partial charge < -0.3 is 19.4 Å². The van der Waals surface area contributed by atoms with Crippen LogP contribution < -0.4 is 66.8 Å². The van der Waals surface area contributed by atoms with Crippen LogP contribution in [-0.2, 0) is 11.3 Å². The molecule has 1 aliphatic heterocycles. The summed E-state index contributed by atoms with van der Waals surface area (Å²) in [6.07, 6.45) is 0.933. The molecule has 2 aromatic carbocycles. The zero-order valence-corrected chi connectivity index (χ0v) is 22.2. The molecule has 0 aliphatic carbocycles. The van der Waals surface area contributed by atoms with Crippen LogP contribution in [0.25, 0.3) is 10.9 Å². The maximum absolute atomic E-state index is 12.7. The van der Waals surface area contributed by atoms with Gasteiger partial charge >= 0.3 is 51.4 Å². The van der Waals surface area contributed by atoms with Crippen LogP contribution >= 0.6 is 23.8 Å². The van der Waals surface area contributed by atoms with Gasteiger partial charge in [-0.1, -0.05) is 54.2 Å². The summed E-state index contributed by atoms with van der Waals surface area (Å²) in [5.41, 5.74) is 1.54. The number of anilines is 1. The van der Waals surface area contributed by atoms with Crippen LogP contribution in [0.15, 0.2) is 53.3 Å². The Morgan fingerprint density at radius 3 is 2.55 bits per heavy atom. The van der Waals surface area contributed by atoms with Crippen LogP contribution in [0.5, 0.6) is 0 Å². The molecule has 0 radical (unpaired) electrons. The standard InChI is InChI=1S/C22H23ClN4O2S.K/c23-16-5-3-6-17(15-16)25-11-13-26(14-12-25)20(28)9-4-10-27-21(29)18-7-1-2-8-19(18)24-22(27)30;/h1-3,5-8,15H,4,9-14H2,(H,24,29,30);/q;+1/p-1. The summed E-state index contributed by atoms with van der Waals surface area (Å²) in [7, 11) is 0. The molecule has 0 spiro atoms. The molecule has 31 heavy (non-hydrogen) atoms. The second-order valence-corrected chi connectivity index (χ2v) is 8.12. The van der Waals surface area contributed by atoms with Crippen molar-refractivity contribution in [3.05, 3.63) is 68.7 Å². The van der Waals surface area contributed by atoms with Crippen molar-refractivity contribution in [2.75, 3.05) is 31.1 Å². The van der Waals surface area contributed by atoms with Crippen molar-refractivity contribution in [1.29, 1.82) is 0 Å². The van der Waals surface area contributed by atoms with E-state index in [2.05, 4.69) is 9.88 Å². The van der Waals surface area contributed by atoms with E-state index in [1.54, 1.807) is 12.1 Å². The van der Waals surface area contributed by atoms with Crippen molar-refractivity contribution >= 4 is 46.3 Å². The Balaban J connectivity index is 0.00000272. The number of nitrogens with zero attached hydrogens (tertiary/aromatic N) is 4. The quantitative estimate of drug-likeness (QED) is 0.392. The molecule has 1 saturated heterocycles. The Bertz CT molecular complexity index is 1190. The average molecular weight is 481 g/mol. The smallest absolute Gasteiger partial charge is 0.426 e. The average Bonchev–Trinajstić information content (AvgIpc) is 2.76. The molecule has 1 aromatic heterocycles. The first-order chi connectivity index (χ1) is 14.5. The van der Waals surface area contributed by atoms with Crippen molar-refractivity contribution in [1.82, 2.24) is 14.5 Å². The monoisotopic (exact) mass is 480 g/mol. The van der Waals surface area contributed by atoms with Crippen LogP contribution in [0.1, 0.15) is 12.8 Å². The fourth-order valence-corrected chi connectivity index (χ4v) is 4.24. The molecule has 0 saturated carbocycles. The van der Waals surface area contributed by atoms with Crippen LogP contribution in [0.2, 0.25) is 5.02 Å². The zero-order chi connectivity index (χ0) is 21.1.